The van der Waals surface area contributed by atoms with Crippen molar-refractivity contribution in [2.45, 2.75) is 19.8 Å². The zero-order valence-corrected chi connectivity index (χ0v) is 15.6. The van der Waals surface area contributed by atoms with E-state index in [1.165, 1.54) is 5.56 Å². The zero-order valence-electron chi connectivity index (χ0n) is 15.6. The molecule has 0 aliphatic heterocycles. The number of aromatic amines is 1. The molecule has 0 atom stereocenters. The predicted molar refractivity (Wildman–Crippen MR) is 111 cm³/mol. The van der Waals surface area contributed by atoms with Gasteiger partial charge in [-0.15, -0.1) is 0 Å². The van der Waals surface area contributed by atoms with Crippen LogP contribution in [0.4, 0.5) is 0 Å². The van der Waals surface area contributed by atoms with Crippen LogP contribution in [0.2, 0.25) is 0 Å². The second-order valence-electron chi connectivity index (χ2n) is 6.69. The molecule has 1 heterocycles. The van der Waals surface area contributed by atoms with Gasteiger partial charge in [0, 0.05) is 16.5 Å². The summed E-state index contributed by atoms with van der Waals surface area (Å²) in [5, 5.41) is 10.4. The van der Waals surface area contributed by atoms with Crippen molar-refractivity contribution in [3.63, 3.8) is 0 Å². The fraction of sp³-hybridized carbons (Fsp3) is 0.125. The molecule has 4 aromatic rings. The molecule has 4 rings (SSSR count). The number of carbonyl (C=O) groups is 1. The SMILES string of the molecule is CCc1cccc2c(CC(=O)O)c(-c3cccc(Oc4ccccc4)c3)[nH]c12. The largest absolute Gasteiger partial charge is 0.481 e. The van der Waals surface area contributed by atoms with Crippen LogP contribution in [0.15, 0.2) is 72.8 Å². The molecule has 4 nitrogen and oxygen atoms in total. The highest BCUT2D eigenvalue weighted by atomic mass is 16.5. The van der Waals surface area contributed by atoms with Crippen LogP contribution in [0.5, 0.6) is 11.5 Å². The number of fused-ring (bicyclic) bond motifs is 1. The molecule has 1 aromatic heterocycles. The molecule has 0 saturated heterocycles. The van der Waals surface area contributed by atoms with Gasteiger partial charge in [0.1, 0.15) is 11.5 Å². The molecule has 0 bridgehead atoms. The number of rotatable bonds is 6. The van der Waals surface area contributed by atoms with Gasteiger partial charge in [-0.05, 0) is 41.8 Å². The summed E-state index contributed by atoms with van der Waals surface area (Å²) in [6.45, 7) is 2.10. The highest BCUT2D eigenvalue weighted by molar-refractivity contribution is 5.95. The van der Waals surface area contributed by atoms with Gasteiger partial charge in [0.2, 0.25) is 0 Å². The van der Waals surface area contributed by atoms with Crippen LogP contribution in [0, 0.1) is 0 Å². The molecule has 2 N–H and O–H groups in total. The van der Waals surface area contributed by atoms with Crippen molar-refractivity contribution in [3.8, 4) is 22.8 Å². The van der Waals surface area contributed by atoms with E-state index in [4.69, 9.17) is 4.74 Å². The summed E-state index contributed by atoms with van der Waals surface area (Å²) < 4.78 is 5.95. The molecule has 0 aliphatic carbocycles. The number of benzene rings is 3. The number of aliphatic carboxylic acids is 1. The highest BCUT2D eigenvalue weighted by Gasteiger charge is 2.17. The van der Waals surface area contributed by atoms with Gasteiger partial charge in [-0.3, -0.25) is 4.79 Å². The van der Waals surface area contributed by atoms with E-state index >= 15 is 0 Å². The van der Waals surface area contributed by atoms with Gasteiger partial charge in [-0.2, -0.15) is 0 Å². The van der Waals surface area contributed by atoms with Crippen molar-refractivity contribution in [2.24, 2.45) is 0 Å². The standard InChI is InChI=1S/C24H21NO3/c1-2-16-8-7-13-20-21(15-22(26)27)24(25-23(16)20)17-9-6-12-19(14-17)28-18-10-4-3-5-11-18/h3-14,25H,2,15H2,1H3,(H,26,27). The van der Waals surface area contributed by atoms with Crippen LogP contribution in [-0.2, 0) is 17.6 Å². The molecule has 0 aliphatic rings. The van der Waals surface area contributed by atoms with Gasteiger partial charge < -0.3 is 14.8 Å². The molecule has 28 heavy (non-hydrogen) atoms. The molecule has 140 valence electrons. The Morgan fingerprint density at radius 3 is 2.46 bits per heavy atom. The lowest BCUT2D eigenvalue weighted by Gasteiger charge is -2.08. The first-order valence-electron chi connectivity index (χ1n) is 9.33. The number of ether oxygens (including phenoxy) is 1. The first-order chi connectivity index (χ1) is 13.7. The van der Waals surface area contributed by atoms with E-state index in [9.17, 15) is 9.90 Å². The summed E-state index contributed by atoms with van der Waals surface area (Å²) in [7, 11) is 0. The number of hydrogen-bond acceptors (Lipinski definition) is 2. The van der Waals surface area contributed by atoms with E-state index in [0.717, 1.165) is 39.9 Å². The number of para-hydroxylation sites is 2. The molecule has 0 radical (unpaired) electrons. The molecule has 0 unspecified atom stereocenters. The van der Waals surface area contributed by atoms with Crippen LogP contribution in [0.25, 0.3) is 22.2 Å². The topological polar surface area (TPSA) is 62.3 Å². The van der Waals surface area contributed by atoms with Crippen molar-refractivity contribution >= 4 is 16.9 Å². The van der Waals surface area contributed by atoms with E-state index in [-0.39, 0.29) is 6.42 Å². The lowest BCUT2D eigenvalue weighted by molar-refractivity contribution is -0.136. The molecule has 0 amide bonds. The number of aromatic nitrogens is 1. The third kappa shape index (κ3) is 3.49. The van der Waals surface area contributed by atoms with Gasteiger partial charge in [-0.1, -0.05) is 55.5 Å². The van der Waals surface area contributed by atoms with Gasteiger partial charge in [0.25, 0.3) is 0 Å². The average Bonchev–Trinajstić information content (AvgIpc) is 3.07. The monoisotopic (exact) mass is 371 g/mol. The predicted octanol–water partition coefficient (Wildman–Crippen LogP) is 5.82. The van der Waals surface area contributed by atoms with Crippen LogP contribution in [0.3, 0.4) is 0 Å². The smallest absolute Gasteiger partial charge is 0.307 e. The van der Waals surface area contributed by atoms with E-state index in [2.05, 4.69) is 18.0 Å². The van der Waals surface area contributed by atoms with Crippen molar-refractivity contribution < 1.29 is 14.6 Å². The number of nitrogens with one attached hydrogen (secondary N) is 1. The summed E-state index contributed by atoms with van der Waals surface area (Å²) >= 11 is 0. The fourth-order valence-electron chi connectivity index (χ4n) is 3.55. The number of carboxylic acids is 1. The maximum atomic E-state index is 11.5. The Bertz CT molecular complexity index is 1130. The first-order valence-corrected chi connectivity index (χ1v) is 9.33. The Hall–Kier alpha value is -3.53. The van der Waals surface area contributed by atoms with Gasteiger partial charge in [0.15, 0.2) is 0 Å². The quantitative estimate of drug-likeness (QED) is 0.449. The normalized spacial score (nSPS) is 10.9. The second-order valence-corrected chi connectivity index (χ2v) is 6.69. The fourth-order valence-corrected chi connectivity index (χ4v) is 3.55. The minimum absolute atomic E-state index is 0.0354. The van der Waals surface area contributed by atoms with Gasteiger partial charge >= 0.3 is 5.97 Å². The summed E-state index contributed by atoms with van der Waals surface area (Å²) in [5.74, 6) is 0.621. The summed E-state index contributed by atoms with van der Waals surface area (Å²) in [6.07, 6.45) is 0.841. The van der Waals surface area contributed by atoms with Crippen molar-refractivity contribution in [1.82, 2.24) is 4.98 Å². The van der Waals surface area contributed by atoms with Gasteiger partial charge in [-0.25, -0.2) is 0 Å². The first kappa shape index (κ1) is 17.9. The number of carboxylic acid groups (broad SMARTS) is 1. The Kier molecular flexibility index (Phi) is 4.85. The van der Waals surface area contributed by atoms with E-state index < -0.39 is 5.97 Å². The Morgan fingerprint density at radius 2 is 1.71 bits per heavy atom. The molecular weight excluding hydrogens is 350 g/mol. The van der Waals surface area contributed by atoms with Crippen molar-refractivity contribution in [1.29, 1.82) is 0 Å². The minimum Gasteiger partial charge on any atom is -0.481 e. The lowest BCUT2D eigenvalue weighted by atomic mass is 10.0. The Labute approximate surface area is 163 Å². The van der Waals surface area contributed by atoms with E-state index in [1.807, 2.05) is 66.7 Å². The van der Waals surface area contributed by atoms with Crippen LogP contribution in [0.1, 0.15) is 18.1 Å². The summed E-state index contributed by atoms with van der Waals surface area (Å²) in [4.78, 5) is 15.0. The molecule has 0 spiro atoms. The summed E-state index contributed by atoms with van der Waals surface area (Å²) in [6, 6.07) is 23.4. The van der Waals surface area contributed by atoms with E-state index in [0.29, 0.717) is 5.75 Å². The molecule has 3 aromatic carbocycles. The maximum absolute atomic E-state index is 11.5. The lowest BCUT2D eigenvalue weighted by Crippen LogP contribution is -2.01. The number of H-pyrrole nitrogens is 1. The third-order valence-corrected chi connectivity index (χ3v) is 4.84. The second kappa shape index (κ2) is 7.61. The zero-order chi connectivity index (χ0) is 19.5. The van der Waals surface area contributed by atoms with Crippen LogP contribution >= 0.6 is 0 Å². The Morgan fingerprint density at radius 1 is 0.964 bits per heavy atom. The van der Waals surface area contributed by atoms with E-state index in [1.54, 1.807) is 0 Å². The molecular formula is C24H21NO3. The molecule has 0 fully saturated rings. The molecule has 0 saturated carbocycles. The molecule has 4 heteroatoms. The van der Waals surface area contributed by atoms with Gasteiger partial charge in [0.05, 0.1) is 12.1 Å². The highest BCUT2D eigenvalue weighted by Crippen LogP contribution is 2.34. The summed E-state index contributed by atoms with van der Waals surface area (Å²) in [5.41, 5.74) is 4.71. The average molecular weight is 371 g/mol. The third-order valence-electron chi connectivity index (χ3n) is 4.84. The van der Waals surface area contributed by atoms with Crippen LogP contribution in [-0.4, -0.2) is 16.1 Å². The maximum Gasteiger partial charge on any atom is 0.307 e. The van der Waals surface area contributed by atoms with Crippen molar-refractivity contribution in [2.75, 3.05) is 0 Å². The Balaban J connectivity index is 1.82. The number of hydrogen-bond donors (Lipinski definition) is 2. The van der Waals surface area contributed by atoms with Crippen molar-refractivity contribution in [3.05, 3.63) is 83.9 Å². The van der Waals surface area contributed by atoms with Crippen LogP contribution < -0.4 is 4.74 Å². The minimum atomic E-state index is -0.847. The number of aryl methyl sites for hydroxylation is 1.